The van der Waals surface area contributed by atoms with Crippen molar-refractivity contribution in [1.82, 2.24) is 14.2 Å². The number of pyridine rings is 1. The van der Waals surface area contributed by atoms with Crippen LogP contribution in [0.2, 0.25) is 0 Å². The molecule has 10 nitrogen and oxygen atoms in total. The molecule has 43 heavy (non-hydrogen) atoms. The molecular weight excluding hydrogens is 570 g/mol. The summed E-state index contributed by atoms with van der Waals surface area (Å²) in [6.45, 7) is 5.55. The highest BCUT2D eigenvalue weighted by Gasteiger charge is 2.36. The van der Waals surface area contributed by atoms with E-state index < -0.39 is 22.2 Å². The first kappa shape index (κ1) is 31.8. The lowest BCUT2D eigenvalue weighted by molar-refractivity contribution is 0.0373. The topological polar surface area (TPSA) is 118 Å². The van der Waals surface area contributed by atoms with Gasteiger partial charge in [0.15, 0.2) is 11.5 Å². The van der Waals surface area contributed by atoms with Crippen molar-refractivity contribution >= 4 is 15.9 Å². The molecule has 2 aromatic carbocycles. The number of likely N-dealkylation sites (N-methyl/N-ethyl adjacent to an activating group) is 1. The number of amides is 1. The van der Waals surface area contributed by atoms with Crippen molar-refractivity contribution in [2.45, 2.75) is 37.8 Å². The number of carbonyl (C=O) groups is 1. The molecule has 1 N–H and O–H groups in total. The number of hydrogen-bond acceptors (Lipinski definition) is 8. The van der Waals surface area contributed by atoms with Gasteiger partial charge >= 0.3 is 0 Å². The second-order valence-corrected chi connectivity index (χ2v) is 12.7. The summed E-state index contributed by atoms with van der Waals surface area (Å²) < 4.78 is 44.8. The lowest BCUT2D eigenvalue weighted by Crippen LogP contribution is -2.50. The molecule has 1 aliphatic rings. The van der Waals surface area contributed by atoms with Crippen molar-refractivity contribution in [3.05, 3.63) is 77.0 Å². The van der Waals surface area contributed by atoms with Crippen LogP contribution in [0.1, 0.15) is 40.9 Å². The molecule has 11 heteroatoms. The molecule has 3 atom stereocenters. The molecule has 0 unspecified atom stereocenters. The number of aliphatic hydroxyl groups is 1. The van der Waals surface area contributed by atoms with Crippen LogP contribution in [0, 0.1) is 24.7 Å². The third kappa shape index (κ3) is 7.10. The fourth-order valence-corrected chi connectivity index (χ4v) is 5.87. The zero-order valence-electron chi connectivity index (χ0n) is 25.2. The number of carbonyl (C=O) groups excluding carboxylic acids is 1. The molecule has 0 saturated heterocycles. The highest BCUT2D eigenvalue weighted by Crippen LogP contribution is 2.29. The van der Waals surface area contributed by atoms with Crippen LogP contribution in [-0.2, 0) is 10.0 Å². The zero-order chi connectivity index (χ0) is 31.3. The number of sulfonamides is 1. The molecular formula is C32H37N3O7S. The molecule has 3 aromatic rings. The summed E-state index contributed by atoms with van der Waals surface area (Å²) in [7, 11) is 0.808. The van der Waals surface area contributed by atoms with Gasteiger partial charge in [0.2, 0.25) is 15.9 Å². The molecule has 0 saturated carbocycles. The summed E-state index contributed by atoms with van der Waals surface area (Å²) in [5, 5.41) is 9.94. The molecule has 1 aliphatic heterocycles. The number of aryl methyl sites for hydroxylation is 1. The highest BCUT2D eigenvalue weighted by molar-refractivity contribution is 7.89. The van der Waals surface area contributed by atoms with Crippen LogP contribution in [0.5, 0.6) is 17.4 Å². The van der Waals surface area contributed by atoms with Crippen molar-refractivity contribution in [2.24, 2.45) is 5.92 Å². The maximum Gasteiger partial charge on any atom is 0.259 e. The van der Waals surface area contributed by atoms with Gasteiger partial charge in [-0.2, -0.15) is 4.31 Å². The minimum Gasteiger partial charge on any atom is -0.493 e. The molecule has 4 rings (SSSR count). The lowest BCUT2D eigenvalue weighted by atomic mass is 10.0. The van der Waals surface area contributed by atoms with E-state index in [1.54, 1.807) is 74.6 Å². The Morgan fingerprint density at radius 3 is 2.42 bits per heavy atom. The third-order valence-electron chi connectivity index (χ3n) is 7.42. The summed E-state index contributed by atoms with van der Waals surface area (Å²) in [6.07, 6.45) is 0.872. The fraction of sp³-hybridized carbons (Fsp3) is 0.375. The van der Waals surface area contributed by atoms with E-state index in [4.69, 9.17) is 14.2 Å². The van der Waals surface area contributed by atoms with Crippen molar-refractivity contribution in [3.8, 4) is 29.2 Å². The molecule has 0 fully saturated rings. The molecule has 1 aromatic heterocycles. The van der Waals surface area contributed by atoms with Gasteiger partial charge < -0.3 is 24.2 Å². The standard InChI is InChI=1S/C32H37N3O7S/c1-21-7-12-26(13-8-21)43(38,39)34(4)19-30-22(2)18-35(23(3)20-36)32(37)27-15-25(17-33-31(27)42-30)10-9-24-11-14-28(40-5)29(16-24)41-6/h7-8,11-17,22-23,30,36H,18-20H2,1-6H3/t22-,23+,30-/m0/s1. The van der Waals surface area contributed by atoms with Crippen LogP contribution in [-0.4, -0.2) is 86.7 Å². The lowest BCUT2D eigenvalue weighted by Gasteiger charge is -2.37. The number of fused-ring (bicyclic) bond motifs is 1. The van der Waals surface area contributed by atoms with E-state index in [1.165, 1.54) is 17.5 Å². The molecule has 0 bridgehead atoms. The number of rotatable bonds is 8. The maximum atomic E-state index is 13.7. The average Bonchev–Trinajstić information content (AvgIpc) is 3.01. The van der Waals surface area contributed by atoms with E-state index in [-0.39, 0.29) is 47.9 Å². The smallest absolute Gasteiger partial charge is 0.259 e. The van der Waals surface area contributed by atoms with E-state index in [9.17, 15) is 18.3 Å². The Kier molecular flexibility index (Phi) is 9.96. The number of aromatic nitrogens is 1. The van der Waals surface area contributed by atoms with Gasteiger partial charge in [-0.05, 0) is 50.2 Å². The Morgan fingerprint density at radius 2 is 1.77 bits per heavy atom. The van der Waals surface area contributed by atoms with Gasteiger partial charge in [-0.3, -0.25) is 4.79 Å². The van der Waals surface area contributed by atoms with Gasteiger partial charge in [-0.1, -0.05) is 36.5 Å². The summed E-state index contributed by atoms with van der Waals surface area (Å²) in [5.74, 6) is 6.65. The molecule has 2 heterocycles. The number of hydrogen-bond donors (Lipinski definition) is 1. The van der Waals surface area contributed by atoms with Gasteiger partial charge in [-0.25, -0.2) is 13.4 Å². The van der Waals surface area contributed by atoms with Gasteiger partial charge in [0.05, 0.1) is 38.3 Å². The van der Waals surface area contributed by atoms with Crippen LogP contribution in [0.25, 0.3) is 0 Å². The van der Waals surface area contributed by atoms with Crippen LogP contribution in [0.4, 0.5) is 0 Å². The Hall–Kier alpha value is -4.11. The molecule has 0 aliphatic carbocycles. The van der Waals surface area contributed by atoms with Gasteiger partial charge in [0.25, 0.3) is 5.91 Å². The highest BCUT2D eigenvalue weighted by atomic mass is 32.2. The van der Waals surface area contributed by atoms with Gasteiger partial charge in [0.1, 0.15) is 11.7 Å². The first-order valence-corrected chi connectivity index (χ1v) is 15.3. The van der Waals surface area contributed by atoms with Crippen LogP contribution in [0.15, 0.2) is 59.6 Å². The quantitative estimate of drug-likeness (QED) is 0.388. The van der Waals surface area contributed by atoms with Crippen molar-refractivity contribution in [1.29, 1.82) is 0 Å². The van der Waals surface area contributed by atoms with E-state index >= 15 is 0 Å². The predicted molar refractivity (Wildman–Crippen MR) is 162 cm³/mol. The second kappa shape index (κ2) is 13.5. The summed E-state index contributed by atoms with van der Waals surface area (Å²) >= 11 is 0. The van der Waals surface area contributed by atoms with Crippen LogP contribution in [0.3, 0.4) is 0 Å². The van der Waals surface area contributed by atoms with Crippen LogP contribution < -0.4 is 14.2 Å². The number of benzene rings is 2. The predicted octanol–water partition coefficient (Wildman–Crippen LogP) is 3.35. The Balaban J connectivity index is 1.68. The maximum absolute atomic E-state index is 13.7. The van der Waals surface area contributed by atoms with Crippen molar-refractivity contribution in [2.75, 3.05) is 41.0 Å². The number of nitrogens with zero attached hydrogens (tertiary/aromatic N) is 3. The zero-order valence-corrected chi connectivity index (χ0v) is 26.0. The monoisotopic (exact) mass is 607 g/mol. The Bertz CT molecular complexity index is 1630. The first-order valence-electron chi connectivity index (χ1n) is 13.8. The molecule has 228 valence electrons. The normalized spacial score (nSPS) is 17.6. The summed E-state index contributed by atoms with van der Waals surface area (Å²) in [6, 6.07) is 13.1. The molecule has 0 radical (unpaired) electrons. The van der Waals surface area contributed by atoms with Crippen molar-refractivity contribution < 1.29 is 32.5 Å². The van der Waals surface area contributed by atoms with Crippen LogP contribution >= 0.6 is 0 Å². The van der Waals surface area contributed by atoms with E-state index in [0.29, 0.717) is 22.6 Å². The summed E-state index contributed by atoms with van der Waals surface area (Å²) in [5.41, 5.74) is 2.29. The SMILES string of the molecule is COc1ccc(C#Cc2cnc3c(c2)C(=O)N([C@H](C)CO)C[C@H](C)[C@H](CN(C)S(=O)(=O)c2ccc(C)cc2)O3)cc1OC. The largest absolute Gasteiger partial charge is 0.493 e. The van der Waals surface area contributed by atoms with Gasteiger partial charge in [-0.15, -0.1) is 0 Å². The number of aliphatic hydroxyl groups excluding tert-OH is 1. The van der Waals surface area contributed by atoms with E-state index in [1.807, 2.05) is 13.8 Å². The number of methoxy groups -OCH3 is 2. The minimum absolute atomic E-state index is 0.0227. The average molecular weight is 608 g/mol. The Labute approximate surface area is 253 Å². The third-order valence-corrected chi connectivity index (χ3v) is 9.26. The first-order chi connectivity index (χ1) is 20.5. The second-order valence-electron chi connectivity index (χ2n) is 10.6. The van der Waals surface area contributed by atoms with Gasteiger partial charge in [0, 0.05) is 36.8 Å². The van der Waals surface area contributed by atoms with Crippen molar-refractivity contribution in [3.63, 3.8) is 0 Å². The molecule has 0 spiro atoms. The summed E-state index contributed by atoms with van der Waals surface area (Å²) in [4.78, 5) is 19.9. The van der Waals surface area contributed by atoms with E-state index in [2.05, 4.69) is 16.8 Å². The molecule has 1 amide bonds. The minimum atomic E-state index is -3.79. The van der Waals surface area contributed by atoms with E-state index in [0.717, 1.165) is 5.56 Å². The fourth-order valence-electron chi connectivity index (χ4n) is 4.69. The Morgan fingerprint density at radius 1 is 1.09 bits per heavy atom. The number of ether oxygens (including phenoxy) is 3.